The Morgan fingerprint density at radius 2 is 1.89 bits per heavy atom. The minimum atomic E-state index is -1.10. The Balaban J connectivity index is 4.09. The molecule has 0 heterocycles. The molecular weight excluding hydrogens is 268 g/mol. The summed E-state index contributed by atoms with van der Waals surface area (Å²) >= 11 is 1.18. The third kappa shape index (κ3) is 8.47. The van der Waals surface area contributed by atoms with Crippen molar-refractivity contribution in [2.24, 2.45) is 0 Å². The van der Waals surface area contributed by atoms with E-state index in [1.54, 1.807) is 0 Å². The smallest absolute Gasteiger partial charge is 0.327 e. The van der Waals surface area contributed by atoms with Gasteiger partial charge in [-0.2, -0.15) is 0 Å². The predicted molar refractivity (Wildman–Crippen MR) is 75.1 cm³/mol. The number of carbonyl (C=O) groups is 3. The van der Waals surface area contributed by atoms with Crippen molar-refractivity contribution in [2.45, 2.75) is 45.7 Å². The van der Waals surface area contributed by atoms with Gasteiger partial charge < -0.3 is 15.7 Å². The van der Waals surface area contributed by atoms with Crippen LogP contribution in [0.2, 0.25) is 0 Å². The van der Waals surface area contributed by atoms with Crippen molar-refractivity contribution < 1.29 is 19.5 Å². The van der Waals surface area contributed by atoms with Gasteiger partial charge in [0.15, 0.2) is 0 Å². The first-order valence-corrected chi connectivity index (χ1v) is 7.22. The molecule has 6 nitrogen and oxygen atoms in total. The predicted octanol–water partition coefficient (Wildman–Crippen LogP) is 0.614. The van der Waals surface area contributed by atoms with Crippen molar-refractivity contribution in [3.8, 4) is 0 Å². The van der Waals surface area contributed by atoms with Crippen molar-refractivity contribution in [1.82, 2.24) is 10.6 Å². The van der Waals surface area contributed by atoms with Gasteiger partial charge in [-0.15, -0.1) is 11.8 Å². The first-order chi connectivity index (χ1) is 8.68. The molecule has 0 aliphatic carbocycles. The number of carbonyl (C=O) groups excluding carboxylic acids is 2. The average molecular weight is 290 g/mol. The number of carboxylic acids is 1. The SMILES string of the molecule is CCC(C)(C)NC(=O)CSCC(NC(C)=O)C(=O)O. The topological polar surface area (TPSA) is 95.5 Å². The number of nitrogens with one attached hydrogen (secondary N) is 2. The molecule has 0 rings (SSSR count). The molecule has 0 radical (unpaired) electrons. The molecule has 110 valence electrons. The van der Waals surface area contributed by atoms with E-state index in [1.165, 1.54) is 18.7 Å². The summed E-state index contributed by atoms with van der Waals surface area (Å²) in [6.45, 7) is 7.08. The van der Waals surface area contributed by atoms with E-state index in [1.807, 2.05) is 20.8 Å². The minimum absolute atomic E-state index is 0.135. The van der Waals surface area contributed by atoms with Gasteiger partial charge in [-0.3, -0.25) is 9.59 Å². The van der Waals surface area contributed by atoms with Crippen LogP contribution in [0.1, 0.15) is 34.1 Å². The number of hydrogen-bond donors (Lipinski definition) is 3. The molecule has 0 saturated carbocycles. The first kappa shape index (κ1) is 17.8. The molecule has 3 N–H and O–H groups in total. The van der Waals surface area contributed by atoms with Crippen LogP contribution in [0.4, 0.5) is 0 Å². The molecule has 7 heteroatoms. The van der Waals surface area contributed by atoms with Crippen LogP contribution in [-0.4, -0.2) is 46.0 Å². The number of carboxylic acid groups (broad SMARTS) is 1. The zero-order chi connectivity index (χ0) is 15.1. The Hall–Kier alpha value is -1.24. The summed E-state index contributed by atoms with van der Waals surface area (Å²) in [5.74, 6) is -1.30. The van der Waals surface area contributed by atoms with Crippen LogP contribution in [0.25, 0.3) is 0 Å². The van der Waals surface area contributed by atoms with Gasteiger partial charge in [-0.05, 0) is 20.3 Å². The highest BCUT2D eigenvalue weighted by molar-refractivity contribution is 8.00. The van der Waals surface area contributed by atoms with Crippen LogP contribution in [0, 0.1) is 0 Å². The number of rotatable bonds is 8. The van der Waals surface area contributed by atoms with E-state index >= 15 is 0 Å². The van der Waals surface area contributed by atoms with Crippen LogP contribution in [0.15, 0.2) is 0 Å². The second-order valence-corrected chi connectivity index (χ2v) is 5.92. The zero-order valence-corrected chi connectivity index (χ0v) is 12.6. The second kappa shape index (κ2) is 8.04. The van der Waals surface area contributed by atoms with E-state index in [-0.39, 0.29) is 23.0 Å². The van der Waals surface area contributed by atoms with E-state index in [2.05, 4.69) is 10.6 Å². The molecule has 0 saturated heterocycles. The number of amides is 2. The van der Waals surface area contributed by atoms with Crippen LogP contribution >= 0.6 is 11.8 Å². The highest BCUT2D eigenvalue weighted by atomic mass is 32.2. The Bertz CT molecular complexity index is 345. The summed E-state index contributed by atoms with van der Waals surface area (Å²) in [5, 5.41) is 14.1. The van der Waals surface area contributed by atoms with Gasteiger partial charge in [0.05, 0.1) is 5.75 Å². The van der Waals surface area contributed by atoms with Gasteiger partial charge >= 0.3 is 5.97 Å². The summed E-state index contributed by atoms with van der Waals surface area (Å²) in [4.78, 5) is 33.3. The van der Waals surface area contributed by atoms with Crippen molar-refractivity contribution in [2.75, 3.05) is 11.5 Å². The molecular formula is C12H22N2O4S. The minimum Gasteiger partial charge on any atom is -0.480 e. The maximum Gasteiger partial charge on any atom is 0.327 e. The molecule has 0 aromatic heterocycles. The van der Waals surface area contributed by atoms with Crippen molar-refractivity contribution in [3.05, 3.63) is 0 Å². The fourth-order valence-electron chi connectivity index (χ4n) is 1.19. The first-order valence-electron chi connectivity index (χ1n) is 6.06. The van der Waals surface area contributed by atoms with E-state index in [9.17, 15) is 14.4 Å². The summed E-state index contributed by atoms with van der Waals surface area (Å²) < 4.78 is 0. The molecule has 0 spiro atoms. The maximum atomic E-state index is 11.6. The van der Waals surface area contributed by atoms with Crippen LogP contribution in [0.5, 0.6) is 0 Å². The van der Waals surface area contributed by atoms with Crippen molar-refractivity contribution >= 4 is 29.5 Å². The lowest BCUT2D eigenvalue weighted by Crippen LogP contribution is -2.44. The van der Waals surface area contributed by atoms with Gasteiger partial charge in [0.25, 0.3) is 0 Å². The zero-order valence-electron chi connectivity index (χ0n) is 11.8. The quantitative estimate of drug-likeness (QED) is 0.609. The Morgan fingerprint density at radius 3 is 2.32 bits per heavy atom. The van der Waals surface area contributed by atoms with E-state index in [4.69, 9.17) is 5.11 Å². The third-order valence-electron chi connectivity index (χ3n) is 2.55. The largest absolute Gasteiger partial charge is 0.480 e. The van der Waals surface area contributed by atoms with Crippen LogP contribution < -0.4 is 10.6 Å². The summed E-state index contributed by atoms with van der Waals surface area (Å²) in [6, 6.07) is -0.963. The average Bonchev–Trinajstić information content (AvgIpc) is 2.26. The van der Waals surface area contributed by atoms with Crippen LogP contribution in [0.3, 0.4) is 0 Å². The lowest BCUT2D eigenvalue weighted by Gasteiger charge is -2.24. The normalized spacial score (nSPS) is 12.6. The van der Waals surface area contributed by atoms with Crippen molar-refractivity contribution in [1.29, 1.82) is 0 Å². The summed E-state index contributed by atoms with van der Waals surface area (Å²) in [7, 11) is 0. The molecule has 0 aliphatic heterocycles. The van der Waals surface area contributed by atoms with Gasteiger partial charge in [-0.25, -0.2) is 4.79 Å². The monoisotopic (exact) mass is 290 g/mol. The molecule has 2 amide bonds. The highest BCUT2D eigenvalue weighted by Crippen LogP contribution is 2.09. The fourth-order valence-corrected chi connectivity index (χ4v) is 2.03. The van der Waals surface area contributed by atoms with Crippen molar-refractivity contribution in [3.63, 3.8) is 0 Å². The Morgan fingerprint density at radius 1 is 1.32 bits per heavy atom. The second-order valence-electron chi connectivity index (χ2n) is 4.89. The molecule has 0 aliphatic rings. The molecule has 1 unspecified atom stereocenters. The van der Waals surface area contributed by atoms with Gasteiger partial charge in [0.1, 0.15) is 6.04 Å². The van der Waals surface area contributed by atoms with Gasteiger partial charge in [0.2, 0.25) is 11.8 Å². The van der Waals surface area contributed by atoms with E-state index in [0.717, 1.165) is 6.42 Å². The number of hydrogen-bond acceptors (Lipinski definition) is 4. The molecule has 0 fully saturated rings. The van der Waals surface area contributed by atoms with Gasteiger partial charge in [0, 0.05) is 18.2 Å². The Kier molecular flexibility index (Phi) is 7.51. The molecule has 19 heavy (non-hydrogen) atoms. The highest BCUT2D eigenvalue weighted by Gasteiger charge is 2.20. The lowest BCUT2D eigenvalue weighted by molar-refractivity contribution is -0.140. The number of aliphatic carboxylic acids is 1. The number of thioether (sulfide) groups is 1. The van der Waals surface area contributed by atoms with E-state index < -0.39 is 17.9 Å². The van der Waals surface area contributed by atoms with Gasteiger partial charge in [-0.1, -0.05) is 6.92 Å². The lowest BCUT2D eigenvalue weighted by atomic mass is 10.0. The molecule has 0 aromatic rings. The summed E-state index contributed by atoms with van der Waals surface area (Å²) in [5.41, 5.74) is -0.262. The maximum absolute atomic E-state index is 11.6. The standard InChI is InChI=1S/C12H22N2O4S/c1-5-12(3,4)14-10(16)7-19-6-9(11(17)18)13-8(2)15/h9H,5-7H2,1-4H3,(H,13,15)(H,14,16)(H,17,18). The van der Waals surface area contributed by atoms with E-state index in [0.29, 0.717) is 0 Å². The Labute approximate surface area is 117 Å². The van der Waals surface area contributed by atoms with Crippen LogP contribution in [-0.2, 0) is 14.4 Å². The molecule has 1 atom stereocenters. The molecule has 0 bridgehead atoms. The third-order valence-corrected chi connectivity index (χ3v) is 3.59. The summed E-state index contributed by atoms with van der Waals surface area (Å²) in [6.07, 6.45) is 0.813. The molecule has 0 aromatic carbocycles. The fraction of sp³-hybridized carbons (Fsp3) is 0.750.